The number of ether oxygens (including phenoxy) is 2. The van der Waals surface area contributed by atoms with Gasteiger partial charge in [0, 0.05) is 6.07 Å². The van der Waals surface area contributed by atoms with Crippen LogP contribution < -0.4 is 9.47 Å². The largest absolute Gasteiger partial charge is 0.496 e. The summed E-state index contributed by atoms with van der Waals surface area (Å²) in [7, 11) is 1.47. The highest BCUT2D eigenvalue weighted by Crippen LogP contribution is 2.24. The first-order valence-corrected chi connectivity index (χ1v) is 4.92. The fourth-order valence-electron chi connectivity index (χ4n) is 1.22. The summed E-state index contributed by atoms with van der Waals surface area (Å²) in [5, 5.41) is 0. The zero-order chi connectivity index (χ0) is 12.0. The average Bonchev–Trinajstić information content (AvgIpc) is 2.35. The molecule has 0 aliphatic rings. The molecule has 1 atom stereocenters. The second kappa shape index (κ2) is 5.90. The fraction of sp³-hybridized carbons (Fsp3) is 0.333. The molecule has 0 aliphatic heterocycles. The Morgan fingerprint density at radius 3 is 2.75 bits per heavy atom. The quantitative estimate of drug-likeness (QED) is 0.687. The predicted molar refractivity (Wildman–Crippen MR) is 58.8 cm³/mol. The number of benzene rings is 1. The van der Waals surface area contributed by atoms with E-state index in [9.17, 15) is 9.59 Å². The lowest BCUT2D eigenvalue weighted by Crippen LogP contribution is -2.16. The number of carbonyl (C=O) groups excluding carboxylic acids is 2. The van der Waals surface area contributed by atoms with Gasteiger partial charge >= 0.3 is 0 Å². The Labute approximate surface area is 94.2 Å². The third-order valence-electron chi connectivity index (χ3n) is 2.11. The van der Waals surface area contributed by atoms with Gasteiger partial charge in [0.2, 0.25) is 6.29 Å². The summed E-state index contributed by atoms with van der Waals surface area (Å²) in [5.41, 5.74) is 0.443. The van der Waals surface area contributed by atoms with Crippen molar-refractivity contribution in [2.45, 2.75) is 19.4 Å². The van der Waals surface area contributed by atoms with Crippen LogP contribution in [0.2, 0.25) is 0 Å². The lowest BCUT2D eigenvalue weighted by Gasteiger charge is -2.12. The summed E-state index contributed by atoms with van der Waals surface area (Å²) >= 11 is 0. The Morgan fingerprint density at radius 1 is 1.50 bits per heavy atom. The number of aldehydes is 1. The van der Waals surface area contributed by atoms with Crippen molar-refractivity contribution in [2.75, 3.05) is 7.11 Å². The molecule has 0 aliphatic carbocycles. The van der Waals surface area contributed by atoms with Gasteiger partial charge in [0.25, 0.3) is 0 Å². The van der Waals surface area contributed by atoms with E-state index in [1.165, 1.54) is 7.11 Å². The highest BCUT2D eigenvalue weighted by Gasteiger charge is 2.09. The van der Waals surface area contributed by atoms with E-state index in [1.54, 1.807) is 24.5 Å². The van der Waals surface area contributed by atoms with Crippen molar-refractivity contribution in [3.05, 3.63) is 23.8 Å². The van der Waals surface area contributed by atoms with Gasteiger partial charge in [0.1, 0.15) is 11.5 Å². The molecular formula is C12H13O4. The normalized spacial score (nSPS) is 11.6. The van der Waals surface area contributed by atoms with E-state index in [0.717, 1.165) is 0 Å². The van der Waals surface area contributed by atoms with Crippen molar-refractivity contribution in [1.29, 1.82) is 0 Å². The number of hydrogen-bond acceptors (Lipinski definition) is 4. The molecule has 1 radical (unpaired) electrons. The molecule has 1 unspecified atom stereocenters. The topological polar surface area (TPSA) is 52.6 Å². The second-order valence-corrected chi connectivity index (χ2v) is 3.15. The van der Waals surface area contributed by atoms with Gasteiger partial charge in [-0.2, -0.15) is 0 Å². The lowest BCUT2D eigenvalue weighted by atomic mass is 10.2. The molecule has 0 bridgehead atoms. The van der Waals surface area contributed by atoms with Crippen LogP contribution >= 0.6 is 0 Å². The molecule has 1 rings (SSSR count). The average molecular weight is 221 g/mol. The van der Waals surface area contributed by atoms with Crippen LogP contribution in [-0.4, -0.2) is 25.8 Å². The van der Waals surface area contributed by atoms with Gasteiger partial charge in [-0.25, -0.2) is 0 Å². The van der Waals surface area contributed by atoms with Crippen LogP contribution in [0.5, 0.6) is 11.5 Å². The summed E-state index contributed by atoms with van der Waals surface area (Å²) < 4.78 is 10.4. The van der Waals surface area contributed by atoms with E-state index in [4.69, 9.17) is 9.47 Å². The molecule has 0 N–H and O–H groups in total. The number of hydrogen-bond donors (Lipinski definition) is 0. The molecule has 0 spiro atoms. The number of methoxy groups -OCH3 is 1. The maximum Gasteiger partial charge on any atom is 0.242 e. The third-order valence-corrected chi connectivity index (χ3v) is 2.11. The van der Waals surface area contributed by atoms with Gasteiger partial charge in [0.05, 0.1) is 12.7 Å². The second-order valence-electron chi connectivity index (χ2n) is 3.15. The van der Waals surface area contributed by atoms with Crippen LogP contribution in [-0.2, 0) is 4.79 Å². The van der Waals surface area contributed by atoms with Crippen molar-refractivity contribution in [3.63, 3.8) is 0 Å². The van der Waals surface area contributed by atoms with Gasteiger partial charge in [-0.05, 0) is 18.6 Å². The molecular weight excluding hydrogens is 208 g/mol. The SMILES string of the molecule is CCC([C]=O)Oc1ccc(C=O)c(OC)c1. The van der Waals surface area contributed by atoms with Crippen molar-refractivity contribution >= 4 is 12.6 Å². The first-order chi connectivity index (χ1) is 7.74. The highest BCUT2D eigenvalue weighted by atomic mass is 16.5. The van der Waals surface area contributed by atoms with Gasteiger partial charge in [0.15, 0.2) is 12.4 Å². The minimum atomic E-state index is -0.591. The Balaban J connectivity index is 2.90. The van der Waals surface area contributed by atoms with E-state index < -0.39 is 6.10 Å². The van der Waals surface area contributed by atoms with E-state index in [2.05, 4.69) is 0 Å². The monoisotopic (exact) mass is 221 g/mol. The molecule has 1 aromatic rings. The number of carbonyl (C=O) groups is 1. The standard InChI is InChI=1S/C12H13O4/c1-3-10(8-14)16-11-5-4-9(7-13)12(6-11)15-2/h4-7,10H,3H2,1-2H3. The van der Waals surface area contributed by atoms with Crippen LogP contribution in [0, 0.1) is 0 Å². The van der Waals surface area contributed by atoms with E-state index in [0.29, 0.717) is 29.8 Å². The molecule has 85 valence electrons. The van der Waals surface area contributed by atoms with Crippen LogP contribution in [0.1, 0.15) is 23.7 Å². The van der Waals surface area contributed by atoms with Gasteiger partial charge < -0.3 is 9.47 Å². The Hall–Kier alpha value is -1.84. The molecule has 4 nitrogen and oxygen atoms in total. The predicted octanol–water partition coefficient (Wildman–Crippen LogP) is 1.77. The molecule has 4 heteroatoms. The highest BCUT2D eigenvalue weighted by molar-refractivity contribution is 5.79. The molecule has 0 heterocycles. The number of rotatable bonds is 6. The van der Waals surface area contributed by atoms with Gasteiger partial charge in [-0.3, -0.25) is 9.59 Å². The first kappa shape index (κ1) is 12.2. The van der Waals surface area contributed by atoms with Crippen LogP contribution in [0.15, 0.2) is 18.2 Å². The smallest absolute Gasteiger partial charge is 0.242 e. The Morgan fingerprint density at radius 2 is 2.25 bits per heavy atom. The fourth-order valence-corrected chi connectivity index (χ4v) is 1.22. The summed E-state index contributed by atoms with van der Waals surface area (Å²) in [6.07, 6.45) is 2.44. The molecule has 0 amide bonds. The van der Waals surface area contributed by atoms with Gasteiger partial charge in [-0.1, -0.05) is 6.92 Å². The molecule has 0 aromatic heterocycles. The van der Waals surface area contributed by atoms with Crippen LogP contribution in [0.4, 0.5) is 0 Å². The van der Waals surface area contributed by atoms with E-state index in [1.807, 2.05) is 6.92 Å². The molecule has 0 saturated heterocycles. The van der Waals surface area contributed by atoms with Crippen molar-refractivity contribution in [2.24, 2.45) is 0 Å². The molecule has 0 fully saturated rings. The zero-order valence-corrected chi connectivity index (χ0v) is 9.23. The first-order valence-electron chi connectivity index (χ1n) is 4.92. The van der Waals surface area contributed by atoms with Crippen molar-refractivity contribution in [3.8, 4) is 11.5 Å². The minimum Gasteiger partial charge on any atom is -0.496 e. The van der Waals surface area contributed by atoms with Gasteiger partial charge in [-0.15, -0.1) is 0 Å². The van der Waals surface area contributed by atoms with Crippen molar-refractivity contribution in [1.82, 2.24) is 0 Å². The summed E-state index contributed by atoms with van der Waals surface area (Å²) in [4.78, 5) is 21.1. The summed E-state index contributed by atoms with van der Waals surface area (Å²) in [6.45, 7) is 1.83. The molecule has 16 heavy (non-hydrogen) atoms. The molecule has 1 aromatic carbocycles. The maximum absolute atomic E-state index is 10.6. The minimum absolute atomic E-state index is 0.424. The summed E-state index contributed by atoms with van der Waals surface area (Å²) in [6, 6.07) is 4.77. The zero-order valence-electron chi connectivity index (χ0n) is 9.23. The van der Waals surface area contributed by atoms with Crippen LogP contribution in [0.3, 0.4) is 0 Å². The third kappa shape index (κ3) is 2.82. The lowest BCUT2D eigenvalue weighted by molar-refractivity contribution is 0.112. The van der Waals surface area contributed by atoms with E-state index in [-0.39, 0.29) is 0 Å². The summed E-state index contributed by atoms with van der Waals surface area (Å²) in [5.74, 6) is 0.908. The van der Waals surface area contributed by atoms with E-state index >= 15 is 0 Å². The maximum atomic E-state index is 10.6. The van der Waals surface area contributed by atoms with Crippen LogP contribution in [0.25, 0.3) is 0 Å². The Kier molecular flexibility index (Phi) is 4.51. The molecule has 0 saturated carbocycles. The Bertz CT molecular complexity index is 373. The van der Waals surface area contributed by atoms with Crippen molar-refractivity contribution < 1.29 is 19.1 Å².